The van der Waals surface area contributed by atoms with Crippen LogP contribution in [0.1, 0.15) is 18.1 Å². The van der Waals surface area contributed by atoms with Crippen molar-refractivity contribution >= 4 is 16.6 Å². The van der Waals surface area contributed by atoms with E-state index in [9.17, 15) is 0 Å². The second-order valence-corrected chi connectivity index (χ2v) is 15.8. The first-order valence-corrected chi connectivity index (χ1v) is 14.8. The minimum atomic E-state index is -1.75. The Morgan fingerprint density at radius 2 is 1.44 bits per heavy atom. The lowest BCUT2D eigenvalue weighted by atomic mass is 10.0. The quantitative estimate of drug-likeness (QED) is 0.602. The number of hydrogen-bond acceptors (Lipinski definition) is 2. The summed E-state index contributed by atoms with van der Waals surface area (Å²) in [6.45, 7) is 11.2. The summed E-state index contributed by atoms with van der Waals surface area (Å²) >= 11 is 0. The van der Waals surface area contributed by atoms with Crippen LogP contribution in [0.3, 0.4) is 0 Å². The lowest BCUT2D eigenvalue weighted by molar-refractivity contribution is 0.553. The van der Waals surface area contributed by atoms with Crippen molar-refractivity contribution in [3.63, 3.8) is 0 Å². The Bertz CT molecular complexity index is 769. The molecule has 2 aromatic carbocycles. The molecule has 2 aromatic rings. The number of rotatable bonds is 6. The fourth-order valence-corrected chi connectivity index (χ4v) is 11.5. The smallest absolute Gasteiger partial charge is 0.198 e. The van der Waals surface area contributed by atoms with Crippen molar-refractivity contribution < 1.29 is 4.12 Å². The molecule has 0 spiro atoms. The van der Waals surface area contributed by atoms with Crippen LogP contribution in [0.4, 0.5) is 0 Å². The summed E-state index contributed by atoms with van der Waals surface area (Å²) in [5.41, 5.74) is 6.60. The van der Waals surface area contributed by atoms with E-state index in [0.717, 1.165) is 11.6 Å². The van der Waals surface area contributed by atoms with Gasteiger partial charge in [0, 0.05) is 0 Å². The average Bonchev–Trinajstić information content (AvgIpc) is 2.54. The molecule has 0 aliphatic rings. The third kappa shape index (κ3) is 5.82. The Morgan fingerprint density at radius 1 is 0.920 bits per heavy atom. The maximum absolute atomic E-state index is 8.90. The van der Waals surface area contributed by atoms with Crippen LogP contribution in [-0.4, -0.2) is 16.6 Å². The summed E-state index contributed by atoms with van der Waals surface area (Å²) in [6.07, 6.45) is 2.11. The van der Waals surface area contributed by atoms with Crippen LogP contribution >= 0.6 is 0 Å². The second-order valence-electron chi connectivity index (χ2n) is 7.53. The van der Waals surface area contributed by atoms with E-state index in [0.29, 0.717) is 5.56 Å². The standard InChI is InChI=1S/C21H27NOSi2/c1-6-15-24(2,3)23-25(4,5)17-19-9-13-21(14-10-19)20-11-7-18(16-22)8-12-20/h6-15H,17H2,1-5H3. The van der Waals surface area contributed by atoms with Crippen LogP contribution in [0, 0.1) is 11.3 Å². The maximum Gasteiger partial charge on any atom is 0.198 e. The van der Waals surface area contributed by atoms with E-state index in [2.05, 4.69) is 75.2 Å². The molecule has 0 amide bonds. The third-order valence-electron chi connectivity index (χ3n) is 4.04. The summed E-state index contributed by atoms with van der Waals surface area (Å²) in [5, 5.41) is 8.90. The topological polar surface area (TPSA) is 33.0 Å². The van der Waals surface area contributed by atoms with E-state index >= 15 is 0 Å². The molecular formula is C21H27NOSi2. The van der Waals surface area contributed by atoms with Gasteiger partial charge >= 0.3 is 0 Å². The normalized spacial score (nSPS) is 12.3. The maximum atomic E-state index is 8.90. The summed E-state index contributed by atoms with van der Waals surface area (Å²) in [4.78, 5) is 0. The van der Waals surface area contributed by atoms with Crippen molar-refractivity contribution in [1.29, 1.82) is 5.26 Å². The van der Waals surface area contributed by atoms with Gasteiger partial charge < -0.3 is 4.12 Å². The molecule has 2 nitrogen and oxygen atoms in total. The molecule has 0 bridgehead atoms. The predicted octanol–water partition coefficient (Wildman–Crippen LogP) is 5.85. The monoisotopic (exact) mass is 365 g/mol. The van der Waals surface area contributed by atoms with Crippen LogP contribution < -0.4 is 0 Å². The predicted molar refractivity (Wildman–Crippen MR) is 111 cm³/mol. The molecule has 0 saturated carbocycles. The number of benzene rings is 2. The van der Waals surface area contributed by atoms with Gasteiger partial charge in [-0.2, -0.15) is 5.26 Å². The largest absolute Gasteiger partial charge is 0.452 e. The molecule has 0 aliphatic carbocycles. The lowest BCUT2D eigenvalue weighted by Gasteiger charge is -2.32. The molecular weight excluding hydrogens is 338 g/mol. The third-order valence-corrected chi connectivity index (χ3v) is 10.7. The minimum absolute atomic E-state index is 0.693. The molecule has 2 rings (SSSR count). The Morgan fingerprint density at radius 3 is 1.92 bits per heavy atom. The molecule has 0 radical (unpaired) electrons. The van der Waals surface area contributed by atoms with E-state index in [-0.39, 0.29) is 0 Å². The number of hydrogen-bond donors (Lipinski definition) is 0. The van der Waals surface area contributed by atoms with Gasteiger partial charge in [0.05, 0.1) is 11.6 Å². The zero-order valence-electron chi connectivity index (χ0n) is 15.8. The molecule has 0 heterocycles. The fourth-order valence-electron chi connectivity index (χ4n) is 3.23. The van der Waals surface area contributed by atoms with E-state index in [1.54, 1.807) is 0 Å². The van der Waals surface area contributed by atoms with Crippen molar-refractivity contribution in [1.82, 2.24) is 0 Å². The van der Waals surface area contributed by atoms with Gasteiger partial charge in [-0.3, -0.25) is 0 Å². The average molecular weight is 366 g/mol. The summed E-state index contributed by atoms with van der Waals surface area (Å²) in [6, 6.07) is 19.6. The van der Waals surface area contributed by atoms with E-state index in [1.165, 1.54) is 11.1 Å². The zero-order chi connectivity index (χ0) is 18.5. The van der Waals surface area contributed by atoms with Crippen molar-refractivity contribution in [3.8, 4) is 17.2 Å². The highest BCUT2D eigenvalue weighted by Crippen LogP contribution is 2.23. The number of nitrogens with zero attached hydrogens (tertiary/aromatic N) is 1. The molecule has 0 unspecified atom stereocenters. The van der Waals surface area contributed by atoms with Crippen LogP contribution in [-0.2, 0) is 10.2 Å². The molecule has 0 saturated heterocycles. The summed E-state index contributed by atoms with van der Waals surface area (Å²) in [7, 11) is -3.46. The molecule has 0 N–H and O–H groups in total. The lowest BCUT2D eigenvalue weighted by Crippen LogP contribution is -2.45. The Labute approximate surface area is 154 Å². The number of allylic oxidation sites excluding steroid dienone is 1. The van der Waals surface area contributed by atoms with Gasteiger partial charge in [0.2, 0.25) is 0 Å². The Hall–Kier alpha value is -1.94. The van der Waals surface area contributed by atoms with Crippen molar-refractivity contribution in [2.75, 3.05) is 0 Å². The summed E-state index contributed by atoms with van der Waals surface area (Å²) < 4.78 is 6.57. The molecule has 0 aromatic heterocycles. The van der Waals surface area contributed by atoms with Crippen LogP contribution in [0.15, 0.2) is 60.3 Å². The molecule has 4 heteroatoms. The Balaban J connectivity index is 2.10. The molecule has 0 atom stereocenters. The molecule has 130 valence electrons. The first-order valence-electron chi connectivity index (χ1n) is 8.68. The molecule has 0 fully saturated rings. The van der Waals surface area contributed by atoms with Gasteiger partial charge in [-0.15, -0.1) is 0 Å². The van der Waals surface area contributed by atoms with Gasteiger partial charge in [-0.05, 0) is 68.0 Å². The highest BCUT2D eigenvalue weighted by molar-refractivity contribution is 6.87. The van der Waals surface area contributed by atoms with E-state index in [1.807, 2.05) is 24.3 Å². The van der Waals surface area contributed by atoms with E-state index in [4.69, 9.17) is 9.38 Å². The molecule has 0 aliphatic heterocycles. The van der Waals surface area contributed by atoms with Crippen LogP contribution in [0.25, 0.3) is 11.1 Å². The molecule has 25 heavy (non-hydrogen) atoms. The fraction of sp³-hybridized carbons (Fsp3) is 0.286. The highest BCUT2D eigenvalue weighted by atomic mass is 28.4. The first-order chi connectivity index (χ1) is 11.7. The van der Waals surface area contributed by atoms with Gasteiger partial charge in [0.15, 0.2) is 16.6 Å². The summed E-state index contributed by atoms with van der Waals surface area (Å²) in [5.74, 6) is 0. The van der Waals surface area contributed by atoms with Gasteiger partial charge in [-0.1, -0.05) is 48.2 Å². The van der Waals surface area contributed by atoms with E-state index < -0.39 is 16.6 Å². The van der Waals surface area contributed by atoms with Crippen LogP contribution in [0.2, 0.25) is 26.2 Å². The Kier molecular flexibility index (Phi) is 6.18. The SMILES string of the molecule is CC=C[Si](C)(C)O[Si](C)(C)Cc1ccc(-c2ccc(C#N)cc2)cc1. The second kappa shape index (κ2) is 7.96. The van der Waals surface area contributed by atoms with Crippen LogP contribution in [0.5, 0.6) is 0 Å². The first kappa shape index (κ1) is 19.4. The zero-order valence-corrected chi connectivity index (χ0v) is 17.8. The van der Waals surface area contributed by atoms with Gasteiger partial charge in [-0.25, -0.2) is 0 Å². The minimum Gasteiger partial charge on any atom is -0.452 e. The van der Waals surface area contributed by atoms with Gasteiger partial charge in [0.1, 0.15) is 0 Å². The van der Waals surface area contributed by atoms with Crippen molar-refractivity contribution in [2.24, 2.45) is 0 Å². The number of nitriles is 1. The van der Waals surface area contributed by atoms with Crippen molar-refractivity contribution in [3.05, 3.63) is 71.4 Å². The van der Waals surface area contributed by atoms with Gasteiger partial charge in [0.25, 0.3) is 0 Å². The highest BCUT2D eigenvalue weighted by Gasteiger charge is 2.31. The van der Waals surface area contributed by atoms with Crippen molar-refractivity contribution in [2.45, 2.75) is 39.2 Å².